The van der Waals surface area contributed by atoms with E-state index in [9.17, 15) is 9.59 Å². The Morgan fingerprint density at radius 2 is 1.81 bits per heavy atom. The van der Waals surface area contributed by atoms with Gasteiger partial charge in [-0.1, -0.05) is 57.5 Å². The molecule has 0 aromatic heterocycles. The molecule has 5 heteroatoms. The predicted molar refractivity (Wildman–Crippen MR) is 83.8 cm³/mol. The Labute approximate surface area is 126 Å². The Kier molecular flexibility index (Phi) is 6.72. The van der Waals surface area contributed by atoms with Crippen LogP contribution in [0.15, 0.2) is 30.3 Å². The lowest BCUT2D eigenvalue weighted by Gasteiger charge is -2.23. The first kappa shape index (κ1) is 17.0. The zero-order valence-electron chi connectivity index (χ0n) is 12.9. The molecular weight excluding hydrogens is 266 g/mol. The number of nitrogens with one attached hydrogen (secondary N) is 2. The summed E-state index contributed by atoms with van der Waals surface area (Å²) < 4.78 is 0. The second-order valence-corrected chi connectivity index (χ2v) is 5.43. The van der Waals surface area contributed by atoms with Crippen LogP contribution in [0.1, 0.15) is 38.7 Å². The van der Waals surface area contributed by atoms with Crippen molar-refractivity contribution in [3.63, 3.8) is 0 Å². The third-order valence-corrected chi connectivity index (χ3v) is 3.74. The van der Waals surface area contributed by atoms with Crippen LogP contribution >= 0.6 is 0 Å². The van der Waals surface area contributed by atoms with Crippen molar-refractivity contribution < 1.29 is 9.59 Å². The van der Waals surface area contributed by atoms with Gasteiger partial charge in [-0.3, -0.25) is 4.79 Å². The second kappa shape index (κ2) is 8.29. The Hall–Kier alpha value is -2.04. The highest BCUT2D eigenvalue weighted by atomic mass is 16.2. The average Bonchev–Trinajstić information content (AvgIpc) is 2.49. The molecule has 116 valence electrons. The predicted octanol–water partition coefficient (Wildman–Crippen LogP) is 1.99. The Balaban J connectivity index is 2.59. The molecular formula is C16H25N3O2. The standard InChI is InChI=1S/C16H25N3O2/c1-4-11(2)14(19-16(17)21)15(20)18-10-12(3)13-8-6-5-7-9-13/h5-9,11-12,14H,4,10H2,1-3H3,(H,18,20)(H3,17,19,21). The molecule has 5 nitrogen and oxygen atoms in total. The number of urea groups is 1. The van der Waals surface area contributed by atoms with Gasteiger partial charge in [0.1, 0.15) is 6.04 Å². The highest BCUT2D eigenvalue weighted by Gasteiger charge is 2.25. The fourth-order valence-corrected chi connectivity index (χ4v) is 2.12. The normalized spacial score (nSPS) is 14.8. The van der Waals surface area contributed by atoms with Gasteiger partial charge < -0.3 is 16.4 Å². The van der Waals surface area contributed by atoms with Gasteiger partial charge in [-0.05, 0) is 17.4 Å². The van der Waals surface area contributed by atoms with Crippen LogP contribution in [0.4, 0.5) is 4.79 Å². The maximum Gasteiger partial charge on any atom is 0.312 e. The summed E-state index contributed by atoms with van der Waals surface area (Å²) in [7, 11) is 0. The molecule has 0 fully saturated rings. The minimum atomic E-state index is -0.674. The van der Waals surface area contributed by atoms with E-state index in [1.165, 1.54) is 5.56 Å². The van der Waals surface area contributed by atoms with Crippen LogP contribution in [-0.2, 0) is 4.79 Å². The highest BCUT2D eigenvalue weighted by Crippen LogP contribution is 2.14. The number of nitrogens with two attached hydrogens (primary N) is 1. The molecule has 0 saturated carbocycles. The maximum absolute atomic E-state index is 12.2. The highest BCUT2D eigenvalue weighted by molar-refractivity contribution is 5.86. The first-order valence-corrected chi connectivity index (χ1v) is 7.34. The number of hydrogen-bond acceptors (Lipinski definition) is 2. The second-order valence-electron chi connectivity index (χ2n) is 5.43. The van der Waals surface area contributed by atoms with E-state index in [0.29, 0.717) is 6.54 Å². The van der Waals surface area contributed by atoms with Crippen LogP contribution < -0.4 is 16.4 Å². The van der Waals surface area contributed by atoms with E-state index in [0.717, 1.165) is 6.42 Å². The van der Waals surface area contributed by atoms with Gasteiger partial charge in [0.2, 0.25) is 5.91 Å². The lowest BCUT2D eigenvalue weighted by atomic mass is 9.97. The summed E-state index contributed by atoms with van der Waals surface area (Å²) in [4.78, 5) is 23.3. The number of amides is 3. The van der Waals surface area contributed by atoms with Crippen molar-refractivity contribution in [3.05, 3.63) is 35.9 Å². The fourth-order valence-electron chi connectivity index (χ4n) is 2.12. The number of carbonyl (C=O) groups excluding carboxylic acids is 2. The molecule has 0 bridgehead atoms. The van der Waals surface area contributed by atoms with E-state index < -0.39 is 12.1 Å². The molecule has 0 aliphatic heterocycles. The molecule has 4 N–H and O–H groups in total. The van der Waals surface area contributed by atoms with Gasteiger partial charge in [0.15, 0.2) is 0 Å². The zero-order valence-corrected chi connectivity index (χ0v) is 12.9. The average molecular weight is 291 g/mol. The third-order valence-electron chi connectivity index (χ3n) is 3.74. The monoisotopic (exact) mass is 291 g/mol. The quantitative estimate of drug-likeness (QED) is 0.717. The van der Waals surface area contributed by atoms with E-state index in [-0.39, 0.29) is 17.7 Å². The number of rotatable bonds is 7. The summed E-state index contributed by atoms with van der Waals surface area (Å²) in [6.45, 7) is 6.46. The summed E-state index contributed by atoms with van der Waals surface area (Å²) in [6.07, 6.45) is 0.784. The number of hydrogen-bond donors (Lipinski definition) is 3. The van der Waals surface area contributed by atoms with Crippen molar-refractivity contribution in [2.75, 3.05) is 6.54 Å². The number of carbonyl (C=O) groups is 2. The van der Waals surface area contributed by atoms with Crippen LogP contribution in [0.25, 0.3) is 0 Å². The van der Waals surface area contributed by atoms with Crippen molar-refractivity contribution >= 4 is 11.9 Å². The van der Waals surface area contributed by atoms with Gasteiger partial charge in [-0.25, -0.2) is 4.79 Å². The molecule has 0 aliphatic carbocycles. The summed E-state index contributed by atoms with van der Waals surface area (Å²) in [5, 5.41) is 5.41. The lowest BCUT2D eigenvalue weighted by molar-refractivity contribution is -0.124. The summed E-state index contributed by atoms with van der Waals surface area (Å²) in [5.74, 6) is 0.0526. The number of benzene rings is 1. The van der Waals surface area contributed by atoms with Gasteiger partial charge in [-0.2, -0.15) is 0 Å². The van der Waals surface area contributed by atoms with Gasteiger partial charge in [0, 0.05) is 6.54 Å². The Morgan fingerprint density at radius 3 is 2.33 bits per heavy atom. The summed E-state index contributed by atoms with van der Waals surface area (Å²) in [6, 6.07) is 8.72. The maximum atomic E-state index is 12.2. The number of primary amides is 1. The van der Waals surface area contributed by atoms with Crippen LogP contribution in [-0.4, -0.2) is 24.5 Å². The first-order valence-electron chi connectivity index (χ1n) is 7.34. The van der Waals surface area contributed by atoms with Crippen LogP contribution in [0.3, 0.4) is 0 Å². The minimum Gasteiger partial charge on any atom is -0.354 e. The lowest BCUT2D eigenvalue weighted by Crippen LogP contribution is -2.52. The third kappa shape index (κ3) is 5.45. The minimum absolute atomic E-state index is 0.0320. The molecule has 1 aromatic rings. The summed E-state index contributed by atoms with van der Waals surface area (Å²) >= 11 is 0. The molecule has 0 radical (unpaired) electrons. The molecule has 1 aromatic carbocycles. The molecule has 3 atom stereocenters. The van der Waals surface area contributed by atoms with Crippen molar-refractivity contribution in [3.8, 4) is 0 Å². The van der Waals surface area contributed by atoms with Crippen LogP contribution in [0, 0.1) is 5.92 Å². The van der Waals surface area contributed by atoms with Gasteiger partial charge in [-0.15, -0.1) is 0 Å². The Morgan fingerprint density at radius 1 is 1.19 bits per heavy atom. The van der Waals surface area contributed by atoms with E-state index in [1.54, 1.807) is 0 Å². The topological polar surface area (TPSA) is 84.2 Å². The molecule has 0 heterocycles. The van der Waals surface area contributed by atoms with Crippen molar-refractivity contribution in [1.82, 2.24) is 10.6 Å². The molecule has 0 spiro atoms. The molecule has 3 amide bonds. The Bertz CT molecular complexity index is 462. The molecule has 1 rings (SSSR count). The molecule has 0 aliphatic rings. The largest absolute Gasteiger partial charge is 0.354 e. The van der Waals surface area contributed by atoms with E-state index in [1.807, 2.05) is 44.2 Å². The van der Waals surface area contributed by atoms with Gasteiger partial charge >= 0.3 is 6.03 Å². The van der Waals surface area contributed by atoms with E-state index in [4.69, 9.17) is 5.73 Å². The first-order chi connectivity index (χ1) is 9.95. The SMILES string of the molecule is CCC(C)C(NC(N)=O)C(=O)NCC(C)c1ccccc1. The van der Waals surface area contributed by atoms with Crippen molar-refractivity contribution in [2.24, 2.45) is 11.7 Å². The van der Waals surface area contributed by atoms with Crippen LogP contribution in [0.5, 0.6) is 0 Å². The van der Waals surface area contributed by atoms with E-state index >= 15 is 0 Å². The zero-order chi connectivity index (χ0) is 15.8. The molecule has 0 saturated heterocycles. The fraction of sp³-hybridized carbons (Fsp3) is 0.500. The van der Waals surface area contributed by atoms with E-state index in [2.05, 4.69) is 17.6 Å². The van der Waals surface area contributed by atoms with Crippen molar-refractivity contribution in [2.45, 2.75) is 39.2 Å². The van der Waals surface area contributed by atoms with Gasteiger partial charge in [0.05, 0.1) is 0 Å². The molecule has 21 heavy (non-hydrogen) atoms. The van der Waals surface area contributed by atoms with Crippen LogP contribution in [0.2, 0.25) is 0 Å². The van der Waals surface area contributed by atoms with Gasteiger partial charge in [0.25, 0.3) is 0 Å². The smallest absolute Gasteiger partial charge is 0.312 e. The summed E-state index contributed by atoms with van der Waals surface area (Å²) in [5.41, 5.74) is 6.31. The molecule has 3 unspecified atom stereocenters. The van der Waals surface area contributed by atoms with Crippen molar-refractivity contribution in [1.29, 1.82) is 0 Å².